The number of rotatable bonds is 5. The highest BCUT2D eigenvalue weighted by Gasteiger charge is 2.30. The molecule has 0 aromatic heterocycles. The fourth-order valence-electron chi connectivity index (χ4n) is 2.90. The molecule has 0 spiro atoms. The van der Waals surface area contributed by atoms with Gasteiger partial charge >= 0.3 is 0 Å². The second-order valence-electron chi connectivity index (χ2n) is 6.68. The van der Waals surface area contributed by atoms with E-state index in [4.69, 9.17) is 16.3 Å². The van der Waals surface area contributed by atoms with Crippen molar-refractivity contribution in [2.75, 3.05) is 17.2 Å². The zero-order valence-corrected chi connectivity index (χ0v) is 17.2. The predicted molar refractivity (Wildman–Crippen MR) is 107 cm³/mol. The Balaban J connectivity index is 1.78. The first kappa shape index (κ1) is 21.1. The van der Waals surface area contributed by atoms with Gasteiger partial charge in [0.25, 0.3) is 5.91 Å². The summed E-state index contributed by atoms with van der Waals surface area (Å²) < 4.78 is 45.1. The first-order valence-electron chi connectivity index (χ1n) is 8.64. The van der Waals surface area contributed by atoms with Crippen molar-refractivity contribution in [1.82, 2.24) is 0 Å². The van der Waals surface area contributed by atoms with Crippen molar-refractivity contribution < 1.29 is 27.1 Å². The summed E-state index contributed by atoms with van der Waals surface area (Å²) in [5.74, 6) is -1.45. The summed E-state index contributed by atoms with van der Waals surface area (Å²) >= 11 is 5.67. The molecule has 29 heavy (non-hydrogen) atoms. The number of hydrogen-bond donors (Lipinski definition) is 2. The maximum absolute atomic E-state index is 13.8. The van der Waals surface area contributed by atoms with Gasteiger partial charge in [0.15, 0.2) is 16.4 Å². The van der Waals surface area contributed by atoms with Crippen molar-refractivity contribution in [2.24, 2.45) is 0 Å². The van der Waals surface area contributed by atoms with E-state index in [1.165, 1.54) is 31.2 Å². The molecule has 0 bridgehead atoms. The molecular weight excluding hydrogens is 423 g/mol. The van der Waals surface area contributed by atoms with Crippen molar-refractivity contribution in [2.45, 2.75) is 30.4 Å². The van der Waals surface area contributed by atoms with Crippen LogP contribution in [0.5, 0.6) is 5.75 Å². The number of nitrogens with one attached hydrogen (secondary N) is 2. The molecule has 0 unspecified atom stereocenters. The van der Waals surface area contributed by atoms with E-state index in [0.29, 0.717) is 11.3 Å². The van der Waals surface area contributed by atoms with E-state index < -0.39 is 26.8 Å². The molecule has 0 aliphatic carbocycles. The van der Waals surface area contributed by atoms with Crippen LogP contribution in [0.15, 0.2) is 35.2 Å². The minimum Gasteiger partial charge on any atom is -0.482 e. The van der Waals surface area contributed by atoms with Gasteiger partial charge in [-0.2, -0.15) is 0 Å². The number of ether oxygens (including phenoxy) is 1. The van der Waals surface area contributed by atoms with Crippen molar-refractivity contribution in [1.29, 1.82) is 0 Å². The topological polar surface area (TPSA) is 102 Å². The van der Waals surface area contributed by atoms with Gasteiger partial charge in [0.05, 0.1) is 21.5 Å². The lowest BCUT2D eigenvalue weighted by Crippen LogP contribution is -2.27. The standard InChI is InChI=1S/C19H18ClFN2O5S/c1-10-5-15-16(28-9-19(25)23-15)8-17(10)29(26,27)11(2)6-18(24)22-14-4-3-12(20)7-13(14)21/h3-5,7-8,11H,6,9H2,1-2H3,(H,22,24)(H,23,25)/t11-/m0/s1. The number of fused-ring (bicyclic) bond motifs is 1. The maximum atomic E-state index is 13.8. The molecule has 2 aromatic carbocycles. The van der Waals surface area contributed by atoms with Crippen LogP contribution in [-0.2, 0) is 19.4 Å². The molecular formula is C19H18ClFN2O5S. The van der Waals surface area contributed by atoms with Crippen molar-refractivity contribution in [3.63, 3.8) is 0 Å². The summed E-state index contributed by atoms with van der Waals surface area (Å²) in [5.41, 5.74) is 0.713. The minimum absolute atomic E-state index is 0.00497. The number of halogens is 2. The number of benzene rings is 2. The highest BCUT2D eigenvalue weighted by Crippen LogP contribution is 2.34. The minimum atomic E-state index is -3.89. The van der Waals surface area contributed by atoms with E-state index in [0.717, 1.165) is 6.07 Å². The second kappa shape index (κ2) is 8.00. The van der Waals surface area contributed by atoms with Crippen molar-refractivity contribution in [3.8, 4) is 5.75 Å². The Morgan fingerprint density at radius 2 is 2.07 bits per heavy atom. The Labute approximate surface area is 172 Å². The van der Waals surface area contributed by atoms with Crippen LogP contribution < -0.4 is 15.4 Å². The summed E-state index contributed by atoms with van der Waals surface area (Å²) in [4.78, 5) is 23.7. The number of hydrogen-bond acceptors (Lipinski definition) is 5. The summed E-state index contributed by atoms with van der Waals surface area (Å²) in [7, 11) is -3.89. The number of amides is 2. The van der Waals surface area contributed by atoms with E-state index in [1.807, 2.05) is 0 Å². The van der Waals surface area contributed by atoms with E-state index in [9.17, 15) is 22.4 Å². The van der Waals surface area contributed by atoms with Crippen LogP contribution in [0.2, 0.25) is 5.02 Å². The monoisotopic (exact) mass is 440 g/mol. The third-order valence-corrected chi connectivity index (χ3v) is 6.94. The van der Waals surface area contributed by atoms with Crippen LogP contribution in [0.4, 0.5) is 15.8 Å². The molecule has 1 heterocycles. The Hall–Kier alpha value is -2.65. The number of anilines is 2. The molecule has 2 N–H and O–H groups in total. The largest absolute Gasteiger partial charge is 0.482 e. The highest BCUT2D eigenvalue weighted by atomic mass is 35.5. The molecule has 154 valence electrons. The summed E-state index contributed by atoms with van der Waals surface area (Å²) in [6, 6.07) is 6.61. The molecule has 3 rings (SSSR count). The van der Waals surface area contributed by atoms with E-state index >= 15 is 0 Å². The Morgan fingerprint density at radius 3 is 2.76 bits per heavy atom. The van der Waals surface area contributed by atoms with Crippen LogP contribution in [0.25, 0.3) is 0 Å². The van der Waals surface area contributed by atoms with Gasteiger partial charge in [-0.25, -0.2) is 12.8 Å². The van der Waals surface area contributed by atoms with Crippen LogP contribution in [0, 0.1) is 12.7 Å². The first-order chi connectivity index (χ1) is 13.6. The van der Waals surface area contributed by atoms with Crippen molar-refractivity contribution >= 4 is 44.6 Å². The molecule has 10 heteroatoms. The fourth-order valence-corrected chi connectivity index (χ4v) is 4.64. The lowest BCUT2D eigenvalue weighted by Gasteiger charge is -2.21. The zero-order chi connectivity index (χ0) is 21.3. The van der Waals surface area contributed by atoms with Gasteiger partial charge in [-0.1, -0.05) is 11.6 Å². The van der Waals surface area contributed by atoms with E-state index in [1.54, 1.807) is 6.92 Å². The van der Waals surface area contributed by atoms with E-state index in [2.05, 4.69) is 10.6 Å². The number of sulfone groups is 1. The van der Waals surface area contributed by atoms with Gasteiger partial charge in [0.1, 0.15) is 11.6 Å². The van der Waals surface area contributed by atoms with E-state index in [-0.39, 0.29) is 40.3 Å². The van der Waals surface area contributed by atoms with Gasteiger partial charge in [0.2, 0.25) is 5.91 Å². The van der Waals surface area contributed by atoms with Gasteiger partial charge < -0.3 is 15.4 Å². The molecule has 7 nitrogen and oxygen atoms in total. The molecule has 0 saturated carbocycles. The predicted octanol–water partition coefficient (Wildman–Crippen LogP) is 3.31. The molecule has 1 atom stereocenters. The second-order valence-corrected chi connectivity index (χ2v) is 9.45. The maximum Gasteiger partial charge on any atom is 0.262 e. The molecule has 2 aromatic rings. The third-order valence-electron chi connectivity index (χ3n) is 4.42. The van der Waals surface area contributed by atoms with Gasteiger partial charge in [-0.05, 0) is 43.7 Å². The first-order valence-corrected chi connectivity index (χ1v) is 10.6. The Morgan fingerprint density at radius 1 is 1.34 bits per heavy atom. The molecule has 0 radical (unpaired) electrons. The molecule has 0 fully saturated rings. The number of carbonyl (C=O) groups is 2. The normalized spacial score (nSPS) is 14.4. The summed E-state index contributed by atoms with van der Waals surface area (Å²) in [6.07, 6.45) is -0.376. The molecule has 2 amide bonds. The third kappa shape index (κ3) is 4.51. The van der Waals surface area contributed by atoms with Gasteiger partial charge in [-0.3, -0.25) is 9.59 Å². The lowest BCUT2D eigenvalue weighted by atomic mass is 10.2. The average molecular weight is 441 g/mol. The molecule has 1 aliphatic heterocycles. The SMILES string of the molecule is Cc1cc2c(cc1S(=O)(=O)[C@@H](C)CC(=O)Nc1ccc(Cl)cc1F)OCC(=O)N2. The summed E-state index contributed by atoms with van der Waals surface area (Å²) in [5, 5.41) is 4.06. The number of aryl methyl sites for hydroxylation is 1. The average Bonchev–Trinajstić information content (AvgIpc) is 2.63. The zero-order valence-electron chi connectivity index (χ0n) is 15.6. The molecule has 1 aliphatic rings. The van der Waals surface area contributed by atoms with Crippen LogP contribution in [0.1, 0.15) is 18.9 Å². The van der Waals surface area contributed by atoms with Crippen molar-refractivity contribution in [3.05, 3.63) is 46.7 Å². The van der Waals surface area contributed by atoms with Crippen LogP contribution in [-0.4, -0.2) is 32.1 Å². The van der Waals surface area contributed by atoms with Gasteiger partial charge in [-0.15, -0.1) is 0 Å². The Kier molecular flexibility index (Phi) is 5.81. The van der Waals surface area contributed by atoms with Gasteiger partial charge in [0, 0.05) is 17.5 Å². The van der Waals surface area contributed by atoms with Crippen LogP contribution in [0.3, 0.4) is 0 Å². The fraction of sp³-hybridized carbons (Fsp3) is 0.263. The highest BCUT2D eigenvalue weighted by molar-refractivity contribution is 7.92. The summed E-state index contributed by atoms with van der Waals surface area (Å²) in [6.45, 7) is 2.78. The quantitative estimate of drug-likeness (QED) is 0.742. The Bertz CT molecular complexity index is 1100. The number of carbonyl (C=O) groups excluding carboxylic acids is 2. The lowest BCUT2D eigenvalue weighted by molar-refractivity contribution is -0.118. The molecule has 0 saturated heterocycles. The smallest absolute Gasteiger partial charge is 0.262 e. The van der Waals surface area contributed by atoms with Crippen LogP contribution >= 0.6 is 11.6 Å².